The van der Waals surface area contributed by atoms with Crippen LogP contribution in [-0.4, -0.2) is 47.1 Å². The molecule has 2 saturated carbocycles. The number of amides is 1. The van der Waals surface area contributed by atoms with Gasteiger partial charge < -0.3 is 20.6 Å². The van der Waals surface area contributed by atoms with Crippen molar-refractivity contribution in [1.82, 2.24) is 4.90 Å². The third-order valence-corrected chi connectivity index (χ3v) is 5.46. The third-order valence-electron chi connectivity index (χ3n) is 5.46. The van der Waals surface area contributed by atoms with Crippen molar-refractivity contribution in [2.45, 2.75) is 63.5 Å². The van der Waals surface area contributed by atoms with Gasteiger partial charge in [0, 0.05) is 6.54 Å². The highest BCUT2D eigenvalue weighted by atomic mass is 16.5. The molecule has 118 valence electrons. The lowest BCUT2D eigenvalue weighted by atomic mass is 9.71. The van der Waals surface area contributed by atoms with Gasteiger partial charge in [-0.2, -0.15) is 0 Å². The minimum Gasteiger partial charge on any atom is -0.409 e. The number of hydrogen-bond acceptors (Lipinski definition) is 4. The molecule has 3 fully saturated rings. The molecular formula is C15H25N3O3. The molecule has 1 saturated heterocycles. The first kappa shape index (κ1) is 14.6. The Balaban J connectivity index is 1.86. The monoisotopic (exact) mass is 295 g/mol. The lowest BCUT2D eigenvalue weighted by Gasteiger charge is -2.44. The van der Waals surface area contributed by atoms with Gasteiger partial charge in [0.2, 0.25) is 5.91 Å². The van der Waals surface area contributed by atoms with Gasteiger partial charge in [-0.15, -0.1) is 0 Å². The number of nitrogens with two attached hydrogens (primary N) is 1. The molecule has 2 unspecified atom stereocenters. The zero-order valence-electron chi connectivity index (χ0n) is 12.5. The van der Waals surface area contributed by atoms with E-state index in [9.17, 15) is 4.79 Å². The Bertz CT molecular complexity index is 432. The number of oxime groups is 1. The summed E-state index contributed by atoms with van der Waals surface area (Å²) in [5, 5.41) is 12.4. The van der Waals surface area contributed by atoms with E-state index in [-0.39, 0.29) is 23.9 Å². The van der Waals surface area contributed by atoms with Crippen molar-refractivity contribution in [2.75, 3.05) is 13.2 Å². The predicted molar refractivity (Wildman–Crippen MR) is 78.0 cm³/mol. The van der Waals surface area contributed by atoms with Crippen LogP contribution in [0.3, 0.4) is 0 Å². The lowest BCUT2D eigenvalue weighted by Crippen LogP contribution is -2.59. The maximum Gasteiger partial charge on any atom is 0.236 e. The number of fused-ring (bicyclic) bond motifs is 1. The van der Waals surface area contributed by atoms with E-state index in [1.165, 1.54) is 0 Å². The summed E-state index contributed by atoms with van der Waals surface area (Å²) in [5.41, 5.74) is 5.15. The predicted octanol–water partition coefficient (Wildman–Crippen LogP) is 1.46. The number of carbonyl (C=O) groups is 1. The first-order valence-corrected chi connectivity index (χ1v) is 8.10. The van der Waals surface area contributed by atoms with E-state index in [2.05, 4.69) is 5.16 Å². The van der Waals surface area contributed by atoms with Gasteiger partial charge in [-0.1, -0.05) is 24.4 Å². The highest BCUT2D eigenvalue weighted by Crippen LogP contribution is 2.41. The normalized spacial score (nSPS) is 32.8. The first-order valence-electron chi connectivity index (χ1n) is 8.10. The molecule has 0 aromatic carbocycles. The molecule has 0 aromatic heterocycles. The molecule has 1 amide bonds. The standard InChI is InChI=1S/C15H25N3O3/c16-13(17-20)15(7-2-1-3-8-15)14(19)18-9-10-21-12-6-4-5-11(12)18/h11-12,20H,1-10H2,(H2,16,17). The van der Waals surface area contributed by atoms with E-state index in [0.717, 1.165) is 38.5 Å². The number of rotatable bonds is 2. The van der Waals surface area contributed by atoms with Crippen LogP contribution in [0.4, 0.5) is 0 Å². The zero-order chi connectivity index (χ0) is 14.9. The van der Waals surface area contributed by atoms with E-state index in [1.807, 2.05) is 4.90 Å². The molecule has 3 N–H and O–H groups in total. The van der Waals surface area contributed by atoms with Crippen LogP contribution in [-0.2, 0) is 9.53 Å². The van der Waals surface area contributed by atoms with Gasteiger partial charge in [-0.25, -0.2) is 0 Å². The van der Waals surface area contributed by atoms with E-state index < -0.39 is 5.41 Å². The summed E-state index contributed by atoms with van der Waals surface area (Å²) in [5.74, 6) is 0.144. The minimum atomic E-state index is -0.794. The van der Waals surface area contributed by atoms with Gasteiger partial charge in [-0.05, 0) is 32.1 Å². The molecule has 0 spiro atoms. The number of ether oxygens (including phenoxy) is 1. The fraction of sp³-hybridized carbons (Fsp3) is 0.867. The molecule has 0 bridgehead atoms. The van der Waals surface area contributed by atoms with Gasteiger partial charge in [-0.3, -0.25) is 4.79 Å². The Hall–Kier alpha value is -1.30. The van der Waals surface area contributed by atoms with Crippen LogP contribution in [0.15, 0.2) is 5.16 Å². The summed E-state index contributed by atoms with van der Waals surface area (Å²) in [7, 11) is 0. The quantitative estimate of drug-likeness (QED) is 0.349. The van der Waals surface area contributed by atoms with E-state index in [0.29, 0.717) is 26.0 Å². The van der Waals surface area contributed by atoms with Gasteiger partial charge in [0.05, 0.1) is 18.8 Å². The maximum absolute atomic E-state index is 13.2. The SMILES string of the molecule is NC(=NO)C1(C(=O)N2CCOC3CCCC32)CCCCC1. The van der Waals surface area contributed by atoms with Crippen LogP contribution in [0.2, 0.25) is 0 Å². The van der Waals surface area contributed by atoms with Crippen molar-refractivity contribution in [1.29, 1.82) is 0 Å². The fourth-order valence-electron chi connectivity index (χ4n) is 4.28. The molecule has 2 aliphatic carbocycles. The molecule has 0 aromatic rings. The molecule has 3 rings (SSSR count). The number of amidine groups is 1. The second-order valence-corrected chi connectivity index (χ2v) is 6.53. The van der Waals surface area contributed by atoms with E-state index in [1.54, 1.807) is 0 Å². The first-order chi connectivity index (χ1) is 10.2. The third kappa shape index (κ3) is 2.39. The summed E-state index contributed by atoms with van der Waals surface area (Å²) in [6.07, 6.45) is 7.73. The molecule has 1 heterocycles. The number of nitrogens with zero attached hydrogens (tertiary/aromatic N) is 2. The van der Waals surface area contributed by atoms with Crippen LogP contribution in [0, 0.1) is 5.41 Å². The molecule has 6 heteroatoms. The van der Waals surface area contributed by atoms with E-state index in [4.69, 9.17) is 15.7 Å². The van der Waals surface area contributed by atoms with Crippen LogP contribution in [0.25, 0.3) is 0 Å². The smallest absolute Gasteiger partial charge is 0.236 e. The molecular weight excluding hydrogens is 270 g/mol. The second kappa shape index (κ2) is 5.83. The average molecular weight is 295 g/mol. The van der Waals surface area contributed by atoms with Crippen molar-refractivity contribution in [3.8, 4) is 0 Å². The van der Waals surface area contributed by atoms with Crippen molar-refractivity contribution in [3.63, 3.8) is 0 Å². The summed E-state index contributed by atoms with van der Waals surface area (Å²) in [4.78, 5) is 15.2. The van der Waals surface area contributed by atoms with Crippen LogP contribution < -0.4 is 5.73 Å². The second-order valence-electron chi connectivity index (χ2n) is 6.53. The summed E-state index contributed by atoms with van der Waals surface area (Å²) in [6.45, 7) is 1.22. The Kier molecular flexibility index (Phi) is 4.06. The Labute approximate surface area is 125 Å². The molecule has 2 atom stereocenters. The fourth-order valence-corrected chi connectivity index (χ4v) is 4.28. The highest BCUT2D eigenvalue weighted by molar-refractivity contribution is 6.07. The van der Waals surface area contributed by atoms with E-state index >= 15 is 0 Å². The largest absolute Gasteiger partial charge is 0.409 e. The number of morpholine rings is 1. The van der Waals surface area contributed by atoms with Crippen molar-refractivity contribution in [2.24, 2.45) is 16.3 Å². The van der Waals surface area contributed by atoms with Gasteiger partial charge >= 0.3 is 0 Å². The zero-order valence-corrected chi connectivity index (χ0v) is 12.5. The van der Waals surface area contributed by atoms with Crippen molar-refractivity contribution < 1.29 is 14.7 Å². The lowest BCUT2D eigenvalue weighted by molar-refractivity contribution is -0.152. The highest BCUT2D eigenvalue weighted by Gasteiger charge is 2.49. The van der Waals surface area contributed by atoms with Crippen LogP contribution >= 0.6 is 0 Å². The summed E-state index contributed by atoms with van der Waals surface area (Å²) < 4.78 is 5.78. The van der Waals surface area contributed by atoms with Crippen LogP contribution in [0.1, 0.15) is 51.4 Å². The molecule has 1 aliphatic heterocycles. The number of carbonyl (C=O) groups excluding carboxylic acids is 1. The van der Waals surface area contributed by atoms with Gasteiger partial charge in [0.1, 0.15) is 5.41 Å². The minimum absolute atomic E-state index is 0.0534. The van der Waals surface area contributed by atoms with Gasteiger partial charge in [0.25, 0.3) is 0 Å². The van der Waals surface area contributed by atoms with Crippen molar-refractivity contribution in [3.05, 3.63) is 0 Å². The maximum atomic E-state index is 13.2. The average Bonchev–Trinajstić information content (AvgIpc) is 3.02. The van der Waals surface area contributed by atoms with Crippen LogP contribution in [0.5, 0.6) is 0 Å². The summed E-state index contributed by atoms with van der Waals surface area (Å²) in [6, 6.07) is 0.177. The Morgan fingerprint density at radius 3 is 2.71 bits per heavy atom. The Morgan fingerprint density at radius 1 is 1.24 bits per heavy atom. The topological polar surface area (TPSA) is 88.2 Å². The Morgan fingerprint density at radius 2 is 2.00 bits per heavy atom. The summed E-state index contributed by atoms with van der Waals surface area (Å²) >= 11 is 0. The number of hydrogen-bond donors (Lipinski definition) is 2. The molecule has 3 aliphatic rings. The van der Waals surface area contributed by atoms with Crippen molar-refractivity contribution >= 4 is 11.7 Å². The van der Waals surface area contributed by atoms with Gasteiger partial charge in [0.15, 0.2) is 5.84 Å². The molecule has 0 radical (unpaired) electrons. The molecule has 6 nitrogen and oxygen atoms in total. The molecule has 21 heavy (non-hydrogen) atoms.